The van der Waals surface area contributed by atoms with Gasteiger partial charge in [-0.25, -0.2) is 4.98 Å². The van der Waals surface area contributed by atoms with E-state index in [0.717, 1.165) is 12.2 Å². The lowest BCUT2D eigenvalue weighted by atomic mass is 10.1. The number of methoxy groups -OCH3 is 1. The summed E-state index contributed by atoms with van der Waals surface area (Å²) in [4.78, 5) is 16.7. The lowest BCUT2D eigenvalue weighted by Gasteiger charge is -2.09. The van der Waals surface area contributed by atoms with Crippen molar-refractivity contribution >= 4 is 29.0 Å². The number of anilines is 2. The molecule has 6 heteroatoms. The second-order valence-corrected chi connectivity index (χ2v) is 6.36. The van der Waals surface area contributed by atoms with Crippen LogP contribution in [0.4, 0.5) is 11.5 Å². The van der Waals surface area contributed by atoms with E-state index in [1.807, 2.05) is 24.3 Å². The van der Waals surface area contributed by atoms with E-state index in [0.29, 0.717) is 28.6 Å². The first-order valence-corrected chi connectivity index (χ1v) is 8.91. The van der Waals surface area contributed by atoms with Gasteiger partial charge in [0.25, 0.3) is 5.91 Å². The monoisotopic (exact) mass is 381 g/mol. The van der Waals surface area contributed by atoms with Crippen molar-refractivity contribution in [2.24, 2.45) is 0 Å². The molecular formula is C21H20ClN3O2. The molecule has 0 unspecified atom stereocenters. The molecule has 1 amide bonds. The van der Waals surface area contributed by atoms with E-state index in [1.165, 1.54) is 5.56 Å². The standard InChI is InChI=1S/C21H20ClN3O2/c1-27-19-4-2-3-15(13-19)9-11-23-20-14-16(10-12-24-20)21(26)25-18-7-5-17(22)6-8-18/h2-8,10,12-14H,9,11H2,1H3,(H,23,24)(H,25,26). The summed E-state index contributed by atoms with van der Waals surface area (Å²) in [5.41, 5.74) is 2.39. The molecule has 0 atom stereocenters. The van der Waals surface area contributed by atoms with Crippen LogP contribution < -0.4 is 15.4 Å². The summed E-state index contributed by atoms with van der Waals surface area (Å²) in [6, 6.07) is 18.3. The maximum Gasteiger partial charge on any atom is 0.255 e. The number of nitrogens with one attached hydrogen (secondary N) is 2. The lowest BCUT2D eigenvalue weighted by Crippen LogP contribution is -2.13. The van der Waals surface area contributed by atoms with Crippen molar-refractivity contribution in [1.29, 1.82) is 0 Å². The molecule has 0 radical (unpaired) electrons. The van der Waals surface area contributed by atoms with Gasteiger partial charge in [0.1, 0.15) is 11.6 Å². The van der Waals surface area contributed by atoms with Crippen LogP contribution in [0.3, 0.4) is 0 Å². The zero-order valence-electron chi connectivity index (χ0n) is 14.9. The number of benzene rings is 2. The van der Waals surface area contributed by atoms with Crippen molar-refractivity contribution < 1.29 is 9.53 Å². The number of amides is 1. The summed E-state index contributed by atoms with van der Waals surface area (Å²) in [5, 5.41) is 6.71. The number of halogens is 1. The van der Waals surface area contributed by atoms with Crippen molar-refractivity contribution in [2.75, 3.05) is 24.3 Å². The van der Waals surface area contributed by atoms with E-state index in [9.17, 15) is 4.79 Å². The Balaban J connectivity index is 1.57. The minimum atomic E-state index is -0.199. The molecule has 1 aromatic heterocycles. The molecule has 0 bridgehead atoms. The van der Waals surface area contributed by atoms with Gasteiger partial charge in [-0.15, -0.1) is 0 Å². The largest absolute Gasteiger partial charge is 0.497 e. The Morgan fingerprint density at radius 2 is 1.93 bits per heavy atom. The molecule has 5 nitrogen and oxygen atoms in total. The molecule has 27 heavy (non-hydrogen) atoms. The molecule has 0 fully saturated rings. The van der Waals surface area contributed by atoms with Gasteiger partial charge in [-0.3, -0.25) is 4.79 Å². The Morgan fingerprint density at radius 3 is 2.70 bits per heavy atom. The Bertz CT molecular complexity index is 913. The molecule has 1 heterocycles. The second-order valence-electron chi connectivity index (χ2n) is 5.92. The third kappa shape index (κ3) is 5.46. The van der Waals surface area contributed by atoms with E-state index >= 15 is 0 Å². The van der Waals surface area contributed by atoms with Crippen LogP contribution in [0.1, 0.15) is 15.9 Å². The molecule has 3 rings (SSSR count). The number of carbonyl (C=O) groups is 1. The zero-order chi connectivity index (χ0) is 19.1. The van der Waals surface area contributed by atoms with Gasteiger partial charge in [0.05, 0.1) is 7.11 Å². The first-order valence-electron chi connectivity index (χ1n) is 8.54. The first-order chi connectivity index (χ1) is 13.1. The van der Waals surface area contributed by atoms with Gasteiger partial charge in [-0.05, 0) is 60.5 Å². The molecule has 0 saturated heterocycles. The Labute approximate surface area is 163 Å². The van der Waals surface area contributed by atoms with Crippen LogP contribution in [0.25, 0.3) is 0 Å². The Morgan fingerprint density at radius 1 is 1.11 bits per heavy atom. The number of rotatable bonds is 7. The molecule has 3 aromatic rings. The van der Waals surface area contributed by atoms with Gasteiger partial charge in [0.2, 0.25) is 0 Å². The van der Waals surface area contributed by atoms with Gasteiger partial charge in [0.15, 0.2) is 0 Å². The normalized spacial score (nSPS) is 10.3. The van der Waals surface area contributed by atoms with Gasteiger partial charge >= 0.3 is 0 Å². The van der Waals surface area contributed by atoms with Crippen LogP contribution >= 0.6 is 11.6 Å². The van der Waals surface area contributed by atoms with Gasteiger partial charge in [-0.2, -0.15) is 0 Å². The lowest BCUT2D eigenvalue weighted by molar-refractivity contribution is 0.102. The number of carbonyl (C=O) groups excluding carboxylic acids is 1. The summed E-state index contributed by atoms with van der Waals surface area (Å²) in [6.07, 6.45) is 2.44. The number of ether oxygens (including phenoxy) is 1. The highest BCUT2D eigenvalue weighted by Gasteiger charge is 2.07. The summed E-state index contributed by atoms with van der Waals surface area (Å²) in [7, 11) is 1.65. The van der Waals surface area contributed by atoms with Crippen molar-refractivity contribution in [3.8, 4) is 5.75 Å². The maximum atomic E-state index is 12.4. The molecule has 0 aliphatic carbocycles. The quantitative estimate of drug-likeness (QED) is 0.625. The number of nitrogens with zero attached hydrogens (tertiary/aromatic N) is 1. The van der Waals surface area contributed by atoms with Crippen LogP contribution in [0, 0.1) is 0 Å². The predicted molar refractivity (Wildman–Crippen MR) is 109 cm³/mol. The van der Waals surface area contributed by atoms with Crippen molar-refractivity contribution in [2.45, 2.75) is 6.42 Å². The summed E-state index contributed by atoms with van der Waals surface area (Å²) in [5.74, 6) is 1.30. The number of hydrogen-bond acceptors (Lipinski definition) is 4. The van der Waals surface area contributed by atoms with E-state index in [1.54, 1.807) is 49.7 Å². The Kier molecular flexibility index (Phi) is 6.28. The number of pyridine rings is 1. The SMILES string of the molecule is COc1cccc(CCNc2cc(C(=O)Nc3ccc(Cl)cc3)ccn2)c1. The number of hydrogen-bond donors (Lipinski definition) is 2. The minimum Gasteiger partial charge on any atom is -0.497 e. The van der Waals surface area contributed by atoms with E-state index in [-0.39, 0.29) is 5.91 Å². The van der Waals surface area contributed by atoms with E-state index in [2.05, 4.69) is 15.6 Å². The second kappa shape index (κ2) is 9.05. The van der Waals surface area contributed by atoms with Crippen LogP contribution in [0.5, 0.6) is 5.75 Å². The summed E-state index contributed by atoms with van der Waals surface area (Å²) < 4.78 is 5.23. The predicted octanol–water partition coefficient (Wildman–Crippen LogP) is 4.65. The zero-order valence-corrected chi connectivity index (χ0v) is 15.7. The van der Waals surface area contributed by atoms with Crippen molar-refractivity contribution in [3.05, 3.63) is 83.0 Å². The van der Waals surface area contributed by atoms with Crippen LogP contribution in [-0.2, 0) is 6.42 Å². The average molecular weight is 382 g/mol. The Hall–Kier alpha value is -3.05. The summed E-state index contributed by atoms with van der Waals surface area (Å²) >= 11 is 5.86. The highest BCUT2D eigenvalue weighted by atomic mass is 35.5. The molecule has 0 aliphatic heterocycles. The molecule has 2 N–H and O–H groups in total. The fourth-order valence-electron chi connectivity index (χ4n) is 2.57. The topological polar surface area (TPSA) is 63.2 Å². The number of aromatic nitrogens is 1. The fraction of sp³-hybridized carbons (Fsp3) is 0.143. The molecule has 0 aliphatic rings. The van der Waals surface area contributed by atoms with Crippen LogP contribution in [-0.4, -0.2) is 24.5 Å². The van der Waals surface area contributed by atoms with E-state index < -0.39 is 0 Å². The average Bonchev–Trinajstić information content (AvgIpc) is 2.70. The van der Waals surface area contributed by atoms with Gasteiger partial charge in [-0.1, -0.05) is 23.7 Å². The highest BCUT2D eigenvalue weighted by molar-refractivity contribution is 6.30. The third-order valence-corrected chi connectivity index (χ3v) is 4.23. The van der Waals surface area contributed by atoms with Gasteiger partial charge in [0, 0.05) is 29.0 Å². The molecule has 0 saturated carbocycles. The summed E-state index contributed by atoms with van der Waals surface area (Å²) in [6.45, 7) is 0.697. The van der Waals surface area contributed by atoms with Crippen molar-refractivity contribution in [3.63, 3.8) is 0 Å². The van der Waals surface area contributed by atoms with Crippen LogP contribution in [0.2, 0.25) is 5.02 Å². The smallest absolute Gasteiger partial charge is 0.255 e. The van der Waals surface area contributed by atoms with E-state index in [4.69, 9.17) is 16.3 Å². The van der Waals surface area contributed by atoms with Gasteiger partial charge < -0.3 is 15.4 Å². The molecular weight excluding hydrogens is 362 g/mol. The molecule has 2 aromatic carbocycles. The highest BCUT2D eigenvalue weighted by Crippen LogP contribution is 2.16. The van der Waals surface area contributed by atoms with Crippen molar-refractivity contribution in [1.82, 2.24) is 4.98 Å². The third-order valence-electron chi connectivity index (χ3n) is 3.98. The first kappa shape index (κ1) is 18.7. The molecule has 138 valence electrons. The van der Waals surface area contributed by atoms with Crippen LogP contribution in [0.15, 0.2) is 66.9 Å². The minimum absolute atomic E-state index is 0.199. The maximum absolute atomic E-state index is 12.4. The fourth-order valence-corrected chi connectivity index (χ4v) is 2.69. The molecule has 0 spiro atoms.